The topological polar surface area (TPSA) is 134 Å². The first kappa shape index (κ1) is 24.3. The van der Waals surface area contributed by atoms with E-state index >= 15 is 0 Å². The summed E-state index contributed by atoms with van der Waals surface area (Å²) in [6.45, 7) is 6.63. The summed E-state index contributed by atoms with van der Waals surface area (Å²) in [7, 11) is 0. The van der Waals surface area contributed by atoms with Crippen LogP contribution in [0.15, 0.2) is 53.5 Å². The third kappa shape index (κ3) is 5.54. The number of nitrogens with two attached hydrogens (primary N) is 1. The van der Waals surface area contributed by atoms with Crippen LogP contribution in [0.1, 0.15) is 37.9 Å². The Hall–Kier alpha value is -3.32. The lowest BCUT2D eigenvalue weighted by molar-refractivity contribution is -0.254. The molecule has 1 aliphatic rings. The van der Waals surface area contributed by atoms with Crippen LogP contribution >= 0.6 is 0 Å². The monoisotopic (exact) mass is 453 g/mol. The van der Waals surface area contributed by atoms with E-state index in [9.17, 15) is 10.4 Å². The number of hydrogen-bond acceptors (Lipinski definition) is 7. The maximum Gasteiger partial charge on any atom is 0.209 e. The quantitative estimate of drug-likeness (QED) is 0.157. The zero-order valence-electron chi connectivity index (χ0n) is 19.1. The van der Waals surface area contributed by atoms with Gasteiger partial charge in [0.05, 0.1) is 6.04 Å². The normalized spacial score (nSPS) is 22.2. The van der Waals surface area contributed by atoms with E-state index in [2.05, 4.69) is 15.6 Å². The molecule has 0 spiro atoms. The largest absolute Gasteiger partial charge is 0.479 e. The zero-order valence-corrected chi connectivity index (χ0v) is 19.1. The average molecular weight is 454 g/mol. The molecule has 0 aliphatic carbocycles. The van der Waals surface area contributed by atoms with E-state index in [-0.39, 0.29) is 5.96 Å². The Morgan fingerprint density at radius 3 is 2.58 bits per heavy atom. The van der Waals surface area contributed by atoms with Crippen LogP contribution in [-0.4, -0.2) is 42.3 Å². The Morgan fingerprint density at radius 1 is 1.24 bits per heavy atom. The summed E-state index contributed by atoms with van der Waals surface area (Å²) in [4.78, 5) is 3.88. The van der Waals surface area contributed by atoms with Gasteiger partial charge >= 0.3 is 0 Å². The number of aliphatic hydroxyl groups excluding tert-OH is 1. The van der Waals surface area contributed by atoms with Gasteiger partial charge in [0.1, 0.15) is 11.9 Å². The van der Waals surface area contributed by atoms with E-state index < -0.39 is 24.0 Å². The highest BCUT2D eigenvalue weighted by molar-refractivity contribution is 5.81. The second-order valence-corrected chi connectivity index (χ2v) is 7.79. The molecule has 0 fully saturated rings. The van der Waals surface area contributed by atoms with Crippen LogP contribution in [0, 0.1) is 11.5 Å². The Morgan fingerprint density at radius 2 is 1.94 bits per heavy atom. The van der Waals surface area contributed by atoms with E-state index in [1.165, 1.54) is 0 Å². The fourth-order valence-corrected chi connectivity index (χ4v) is 3.83. The first-order valence-electron chi connectivity index (χ1n) is 10.9. The van der Waals surface area contributed by atoms with Crippen molar-refractivity contribution in [1.29, 1.82) is 5.26 Å². The van der Waals surface area contributed by atoms with Gasteiger partial charge in [-0.2, -0.15) is 5.26 Å². The molecule has 0 unspecified atom stereocenters. The van der Waals surface area contributed by atoms with Crippen LogP contribution in [0.2, 0.25) is 0 Å². The minimum atomic E-state index is -1.25. The maximum absolute atomic E-state index is 11.5. The van der Waals surface area contributed by atoms with Crippen LogP contribution in [-0.2, 0) is 16.0 Å². The number of hydrogen-bond donors (Lipinski definition) is 4. The molecule has 2 aromatic rings. The van der Waals surface area contributed by atoms with Gasteiger partial charge < -0.3 is 35.7 Å². The van der Waals surface area contributed by atoms with E-state index in [0.29, 0.717) is 36.8 Å². The zero-order chi connectivity index (χ0) is 23.8. The molecule has 5 N–H and O–H groups in total. The highest BCUT2D eigenvalue weighted by Gasteiger charge is 2.53. The Labute approximate surface area is 194 Å². The molecule has 9 heteroatoms. The van der Waals surface area contributed by atoms with E-state index in [0.717, 1.165) is 5.56 Å². The third-order valence-electron chi connectivity index (χ3n) is 5.46. The van der Waals surface area contributed by atoms with E-state index in [4.69, 9.17) is 19.9 Å². The molecule has 0 bridgehead atoms. The second-order valence-electron chi connectivity index (χ2n) is 7.79. The van der Waals surface area contributed by atoms with Crippen LogP contribution in [0.25, 0.3) is 0 Å². The van der Waals surface area contributed by atoms with Crippen molar-refractivity contribution < 1.29 is 19.3 Å². The van der Waals surface area contributed by atoms with Gasteiger partial charge in [-0.1, -0.05) is 30.3 Å². The number of nitrogen functional groups attached to an aromatic ring is 1. The lowest BCUT2D eigenvalue weighted by Gasteiger charge is -2.47. The van der Waals surface area contributed by atoms with Gasteiger partial charge in [-0.3, -0.25) is 0 Å². The lowest BCUT2D eigenvalue weighted by atomic mass is 9.84. The molecule has 0 saturated heterocycles. The molecule has 176 valence electrons. The van der Waals surface area contributed by atoms with Crippen LogP contribution < -0.4 is 21.1 Å². The van der Waals surface area contributed by atoms with Crippen molar-refractivity contribution in [2.24, 2.45) is 4.99 Å². The van der Waals surface area contributed by atoms with Gasteiger partial charge in [-0.05, 0) is 44.5 Å². The summed E-state index contributed by atoms with van der Waals surface area (Å²) >= 11 is 0. The molecular weight excluding hydrogens is 422 g/mol. The van der Waals surface area contributed by atoms with Crippen molar-refractivity contribution in [1.82, 2.24) is 10.6 Å². The summed E-state index contributed by atoms with van der Waals surface area (Å²) in [6, 6.07) is 14.2. The predicted octanol–water partition coefficient (Wildman–Crippen LogP) is 2.44. The number of guanidine groups is 1. The van der Waals surface area contributed by atoms with Gasteiger partial charge in [0.2, 0.25) is 12.2 Å². The number of ether oxygens (including phenoxy) is 3. The number of fused-ring (bicyclic) bond motifs is 1. The molecule has 0 amide bonds. The molecule has 0 saturated carbocycles. The van der Waals surface area contributed by atoms with Crippen molar-refractivity contribution in [2.75, 3.05) is 18.9 Å². The number of nitrogens with one attached hydrogen (secondary N) is 2. The van der Waals surface area contributed by atoms with Crippen molar-refractivity contribution in [2.45, 2.75) is 51.4 Å². The maximum atomic E-state index is 11.5. The number of benzene rings is 2. The van der Waals surface area contributed by atoms with Crippen molar-refractivity contribution in [3.63, 3.8) is 0 Å². The Balaban J connectivity index is 1.94. The first-order valence-corrected chi connectivity index (χ1v) is 10.9. The fraction of sp³-hybridized carbons (Fsp3) is 0.417. The van der Waals surface area contributed by atoms with Crippen molar-refractivity contribution in [3.8, 4) is 11.9 Å². The SMILES string of the molecule is CCOC(OCC)[C@@]1(C)Oc2ccc(N)cc2[C@@H](NC(=NC#N)NCc2ccccc2)[C@@H]1O. The highest BCUT2D eigenvalue weighted by atomic mass is 16.7. The highest BCUT2D eigenvalue weighted by Crippen LogP contribution is 2.43. The molecule has 3 rings (SSSR count). The van der Waals surface area contributed by atoms with Crippen molar-refractivity contribution in [3.05, 3.63) is 59.7 Å². The molecule has 1 aliphatic heterocycles. The number of anilines is 1. The van der Waals surface area contributed by atoms with Crippen LogP contribution in [0.3, 0.4) is 0 Å². The third-order valence-corrected chi connectivity index (χ3v) is 5.46. The number of nitrogens with zero attached hydrogens (tertiary/aromatic N) is 2. The smallest absolute Gasteiger partial charge is 0.209 e. The first-order chi connectivity index (χ1) is 15.9. The fourth-order valence-electron chi connectivity index (χ4n) is 3.83. The predicted molar refractivity (Wildman–Crippen MR) is 125 cm³/mol. The van der Waals surface area contributed by atoms with Crippen molar-refractivity contribution >= 4 is 11.6 Å². The molecule has 0 radical (unpaired) electrons. The van der Waals surface area contributed by atoms with Gasteiger partial charge in [0.25, 0.3) is 0 Å². The molecule has 3 atom stereocenters. The summed E-state index contributed by atoms with van der Waals surface area (Å²) in [6.07, 6.45) is -0.151. The average Bonchev–Trinajstić information content (AvgIpc) is 2.81. The summed E-state index contributed by atoms with van der Waals surface area (Å²) in [5, 5.41) is 27.0. The second kappa shape index (κ2) is 11.0. The molecule has 9 nitrogen and oxygen atoms in total. The van der Waals surface area contributed by atoms with Gasteiger partial charge in [0, 0.05) is 31.0 Å². The van der Waals surface area contributed by atoms with E-state index in [1.807, 2.05) is 44.2 Å². The molecule has 2 aromatic carbocycles. The molecule has 0 aromatic heterocycles. The Bertz CT molecular complexity index is 988. The molecule has 33 heavy (non-hydrogen) atoms. The van der Waals surface area contributed by atoms with Gasteiger partial charge in [-0.15, -0.1) is 4.99 Å². The summed E-state index contributed by atoms with van der Waals surface area (Å²) in [5.41, 5.74) is 6.95. The van der Waals surface area contributed by atoms with Crippen LogP contribution in [0.5, 0.6) is 5.75 Å². The number of aliphatic hydroxyl groups is 1. The molecular formula is C24H31N5O4. The van der Waals surface area contributed by atoms with Crippen LogP contribution in [0.4, 0.5) is 5.69 Å². The number of nitriles is 1. The minimum absolute atomic E-state index is 0.215. The standard InChI is InChI=1S/C24H31N5O4/c1-4-31-22(32-5-2)24(3)21(30)20(18-13-17(26)11-12-19(18)33-24)29-23(28-15-25)27-14-16-9-7-6-8-10-16/h6-13,20-22,30H,4-5,14,26H2,1-3H3,(H2,27,28,29)/t20-,21+,24+/m1/s1. The molecule has 1 heterocycles. The summed E-state index contributed by atoms with van der Waals surface area (Å²) in [5.74, 6) is 0.741. The lowest BCUT2D eigenvalue weighted by Crippen LogP contribution is -2.63. The number of rotatable bonds is 8. The van der Waals surface area contributed by atoms with Gasteiger partial charge in [-0.25, -0.2) is 0 Å². The minimum Gasteiger partial charge on any atom is -0.479 e. The van der Waals surface area contributed by atoms with E-state index in [1.54, 1.807) is 31.3 Å². The number of aliphatic imine (C=N–C) groups is 1. The summed E-state index contributed by atoms with van der Waals surface area (Å²) < 4.78 is 17.8. The Kier molecular flexibility index (Phi) is 8.11. The van der Waals surface area contributed by atoms with Gasteiger partial charge in [0.15, 0.2) is 11.9 Å².